The molecule has 3 rings (SSSR count). The maximum Gasteiger partial charge on any atom is 0.272 e. The zero-order valence-corrected chi connectivity index (χ0v) is 15.5. The van der Waals surface area contributed by atoms with Crippen LogP contribution in [0, 0.1) is 18.8 Å². The molecule has 0 aromatic carbocycles. The van der Waals surface area contributed by atoms with Crippen LogP contribution in [0.25, 0.3) is 0 Å². The van der Waals surface area contributed by atoms with Crippen molar-refractivity contribution in [3.8, 4) is 0 Å². The lowest BCUT2D eigenvalue weighted by Gasteiger charge is -2.33. The number of carbonyl (C=O) groups is 1. The van der Waals surface area contributed by atoms with E-state index in [1.54, 1.807) is 11.7 Å². The van der Waals surface area contributed by atoms with Crippen molar-refractivity contribution in [2.75, 3.05) is 46.0 Å². The molecule has 1 N–H and O–H groups in total. The molecule has 1 aromatic heterocycles. The Kier molecular flexibility index (Phi) is 5.76. The summed E-state index contributed by atoms with van der Waals surface area (Å²) >= 11 is 0. The second-order valence-electron chi connectivity index (χ2n) is 7.25. The quantitative estimate of drug-likeness (QED) is 0.838. The molecule has 140 valence electrons. The number of aryl methyl sites for hydroxylation is 2. The van der Waals surface area contributed by atoms with Gasteiger partial charge in [0.15, 0.2) is 0 Å². The summed E-state index contributed by atoms with van der Waals surface area (Å²) < 4.78 is 7.08. The summed E-state index contributed by atoms with van der Waals surface area (Å²) in [6.07, 6.45) is 1.01. The fourth-order valence-corrected chi connectivity index (χ4v) is 4.28. The van der Waals surface area contributed by atoms with Crippen molar-refractivity contribution in [1.29, 1.82) is 0 Å². The van der Waals surface area contributed by atoms with Crippen LogP contribution >= 0.6 is 0 Å². The van der Waals surface area contributed by atoms with Crippen LogP contribution in [0.1, 0.15) is 29.5 Å². The van der Waals surface area contributed by atoms with Crippen molar-refractivity contribution in [3.63, 3.8) is 0 Å². The maximum absolute atomic E-state index is 13.1. The van der Waals surface area contributed by atoms with E-state index in [4.69, 9.17) is 4.74 Å². The molecule has 2 saturated heterocycles. The average Bonchev–Trinajstić information content (AvgIpc) is 3.14. The summed E-state index contributed by atoms with van der Waals surface area (Å²) in [6.45, 7) is 9.09. The van der Waals surface area contributed by atoms with E-state index in [2.05, 4.69) is 16.9 Å². The lowest BCUT2D eigenvalue weighted by Crippen LogP contribution is -2.46. The van der Waals surface area contributed by atoms with Gasteiger partial charge < -0.3 is 14.7 Å². The first kappa shape index (κ1) is 18.4. The Hall–Kier alpha value is -1.44. The molecule has 0 unspecified atom stereocenters. The number of hydrogen-bond donors (Lipinski definition) is 1. The number of hydrogen-bond acceptors (Lipinski definition) is 5. The second kappa shape index (κ2) is 7.85. The number of ether oxygens (including phenoxy) is 1. The highest BCUT2D eigenvalue weighted by Crippen LogP contribution is 2.34. The first-order valence-electron chi connectivity index (χ1n) is 9.27. The molecule has 3 heterocycles. The zero-order valence-electron chi connectivity index (χ0n) is 15.5. The van der Waals surface area contributed by atoms with Crippen LogP contribution in [0.5, 0.6) is 0 Å². The third-order valence-corrected chi connectivity index (χ3v) is 5.70. The summed E-state index contributed by atoms with van der Waals surface area (Å²) in [4.78, 5) is 17.3. The highest BCUT2D eigenvalue weighted by molar-refractivity contribution is 5.93. The molecule has 0 radical (unpaired) electrons. The topological polar surface area (TPSA) is 70.8 Å². The summed E-state index contributed by atoms with van der Waals surface area (Å²) in [5, 5.41) is 14.4. The van der Waals surface area contributed by atoms with Gasteiger partial charge in [0.25, 0.3) is 5.91 Å². The molecule has 2 aliphatic heterocycles. The number of amides is 1. The van der Waals surface area contributed by atoms with E-state index >= 15 is 0 Å². The van der Waals surface area contributed by atoms with Crippen LogP contribution in [0.4, 0.5) is 0 Å². The van der Waals surface area contributed by atoms with Crippen molar-refractivity contribution in [2.24, 2.45) is 18.9 Å². The van der Waals surface area contributed by atoms with Gasteiger partial charge in [-0.25, -0.2) is 0 Å². The molecule has 3 atom stereocenters. The Morgan fingerprint density at radius 3 is 2.68 bits per heavy atom. The van der Waals surface area contributed by atoms with E-state index in [1.807, 2.05) is 17.9 Å². The standard InChI is InChI=1S/C18H30N4O3/c1-4-14-10-22(18(24)16-9-13(2)19-20(16)3)17(12-23)15(14)11-21-5-7-25-8-6-21/h9,14-15,17,23H,4-8,10-12H2,1-3H3/t14-,15-,17-/m1/s1. The van der Waals surface area contributed by atoms with Gasteiger partial charge in [-0.15, -0.1) is 0 Å². The van der Waals surface area contributed by atoms with E-state index < -0.39 is 0 Å². The van der Waals surface area contributed by atoms with Crippen molar-refractivity contribution in [2.45, 2.75) is 26.3 Å². The van der Waals surface area contributed by atoms with Crippen molar-refractivity contribution in [3.05, 3.63) is 17.5 Å². The highest BCUT2D eigenvalue weighted by atomic mass is 16.5. The van der Waals surface area contributed by atoms with Crippen LogP contribution in [0.3, 0.4) is 0 Å². The molecular formula is C18H30N4O3. The number of morpholine rings is 1. The second-order valence-corrected chi connectivity index (χ2v) is 7.25. The predicted octanol–water partition coefficient (Wildman–Crippen LogP) is 0.520. The van der Waals surface area contributed by atoms with Gasteiger partial charge in [-0.05, 0) is 24.8 Å². The first-order valence-corrected chi connectivity index (χ1v) is 9.27. The van der Waals surface area contributed by atoms with Crippen LogP contribution in [-0.4, -0.2) is 82.6 Å². The van der Waals surface area contributed by atoms with Crippen LogP contribution in [0.2, 0.25) is 0 Å². The molecule has 0 aliphatic carbocycles. The lowest BCUT2D eigenvalue weighted by atomic mass is 9.88. The van der Waals surface area contributed by atoms with E-state index in [1.165, 1.54) is 0 Å². The summed E-state index contributed by atoms with van der Waals surface area (Å²) in [7, 11) is 1.80. The molecule has 1 amide bonds. The van der Waals surface area contributed by atoms with Gasteiger partial charge in [0.2, 0.25) is 0 Å². The molecule has 7 nitrogen and oxygen atoms in total. The number of rotatable bonds is 5. The van der Waals surface area contributed by atoms with Crippen molar-refractivity contribution in [1.82, 2.24) is 19.6 Å². The predicted molar refractivity (Wildman–Crippen MR) is 94.4 cm³/mol. The Morgan fingerprint density at radius 2 is 2.12 bits per heavy atom. The minimum atomic E-state index is -0.129. The summed E-state index contributed by atoms with van der Waals surface area (Å²) in [5.41, 5.74) is 1.43. The number of aliphatic hydroxyl groups is 1. The third-order valence-electron chi connectivity index (χ3n) is 5.70. The molecule has 0 bridgehead atoms. The van der Waals surface area contributed by atoms with Crippen molar-refractivity contribution < 1.29 is 14.6 Å². The minimum absolute atomic E-state index is 0.00802. The van der Waals surface area contributed by atoms with Crippen LogP contribution in [-0.2, 0) is 11.8 Å². The highest BCUT2D eigenvalue weighted by Gasteiger charge is 2.44. The molecular weight excluding hydrogens is 320 g/mol. The smallest absolute Gasteiger partial charge is 0.272 e. The van der Waals surface area contributed by atoms with Gasteiger partial charge >= 0.3 is 0 Å². The Labute approximate surface area is 149 Å². The molecule has 1 aromatic rings. The van der Waals surface area contributed by atoms with Gasteiger partial charge in [-0.2, -0.15) is 5.10 Å². The fourth-order valence-electron chi connectivity index (χ4n) is 4.28. The molecule has 0 saturated carbocycles. The SMILES string of the molecule is CC[C@@H]1CN(C(=O)c2cc(C)nn2C)[C@H](CO)[C@@H]1CN1CCOCC1. The molecule has 0 spiro atoms. The molecule has 25 heavy (non-hydrogen) atoms. The van der Waals surface area contributed by atoms with Gasteiger partial charge in [-0.3, -0.25) is 14.4 Å². The number of nitrogens with zero attached hydrogens (tertiary/aromatic N) is 4. The third kappa shape index (κ3) is 3.73. The van der Waals surface area contributed by atoms with E-state index in [9.17, 15) is 9.90 Å². The first-order chi connectivity index (χ1) is 12.0. The Bertz CT molecular complexity index is 597. The average molecular weight is 350 g/mol. The zero-order chi connectivity index (χ0) is 18.0. The lowest BCUT2D eigenvalue weighted by molar-refractivity contribution is 0.0205. The Morgan fingerprint density at radius 1 is 1.40 bits per heavy atom. The van der Waals surface area contributed by atoms with Gasteiger partial charge in [-0.1, -0.05) is 13.3 Å². The van der Waals surface area contributed by atoms with Gasteiger partial charge in [0, 0.05) is 33.2 Å². The number of likely N-dealkylation sites (tertiary alicyclic amines) is 1. The summed E-state index contributed by atoms with van der Waals surface area (Å²) in [6, 6.07) is 1.70. The molecule has 2 fully saturated rings. The number of aromatic nitrogens is 2. The fraction of sp³-hybridized carbons (Fsp3) is 0.778. The molecule has 2 aliphatic rings. The van der Waals surface area contributed by atoms with E-state index in [-0.39, 0.29) is 18.6 Å². The monoisotopic (exact) mass is 350 g/mol. The van der Waals surface area contributed by atoms with E-state index in [0.29, 0.717) is 24.1 Å². The van der Waals surface area contributed by atoms with Gasteiger partial charge in [0.05, 0.1) is 31.6 Å². The number of carbonyl (C=O) groups excluding carboxylic acids is 1. The van der Waals surface area contributed by atoms with Crippen molar-refractivity contribution >= 4 is 5.91 Å². The van der Waals surface area contributed by atoms with Gasteiger partial charge in [0.1, 0.15) is 5.69 Å². The molecule has 7 heteroatoms. The number of aliphatic hydroxyl groups excluding tert-OH is 1. The normalized spacial score (nSPS) is 27.8. The van der Waals surface area contributed by atoms with Crippen LogP contribution < -0.4 is 0 Å². The van der Waals surface area contributed by atoms with E-state index in [0.717, 1.165) is 45.0 Å². The minimum Gasteiger partial charge on any atom is -0.394 e. The van der Waals surface area contributed by atoms with Crippen LogP contribution in [0.15, 0.2) is 6.07 Å². The summed E-state index contributed by atoms with van der Waals surface area (Å²) in [5.74, 6) is 0.690. The maximum atomic E-state index is 13.1. The largest absolute Gasteiger partial charge is 0.394 e. The Balaban J connectivity index is 1.78.